The lowest BCUT2D eigenvalue weighted by atomic mass is 10.1. The molecular formula is C13H14F3NO2. The van der Waals surface area contributed by atoms with Crippen LogP contribution in [0.4, 0.5) is 13.2 Å². The average Bonchev–Trinajstić information content (AvgIpc) is 2.76. The number of halogens is 3. The Morgan fingerprint density at radius 2 is 2.11 bits per heavy atom. The molecule has 1 aliphatic heterocycles. The van der Waals surface area contributed by atoms with E-state index >= 15 is 0 Å². The second kappa shape index (κ2) is 5.11. The van der Waals surface area contributed by atoms with Crippen LogP contribution in [0.15, 0.2) is 29.3 Å². The van der Waals surface area contributed by atoms with Gasteiger partial charge in [-0.3, -0.25) is 0 Å². The lowest BCUT2D eigenvalue weighted by Gasteiger charge is -2.09. The molecule has 3 nitrogen and oxygen atoms in total. The van der Waals surface area contributed by atoms with E-state index in [1.165, 1.54) is 18.2 Å². The molecule has 104 valence electrons. The molecule has 0 aliphatic carbocycles. The Morgan fingerprint density at radius 1 is 1.37 bits per heavy atom. The molecule has 0 bridgehead atoms. The van der Waals surface area contributed by atoms with E-state index in [2.05, 4.69) is 9.73 Å². The topological polar surface area (TPSA) is 30.8 Å². The van der Waals surface area contributed by atoms with E-state index in [9.17, 15) is 13.2 Å². The van der Waals surface area contributed by atoms with Crippen molar-refractivity contribution in [3.8, 4) is 5.75 Å². The van der Waals surface area contributed by atoms with Gasteiger partial charge >= 0.3 is 6.36 Å². The number of rotatable bonds is 3. The molecule has 1 aromatic rings. The first-order valence-corrected chi connectivity index (χ1v) is 5.92. The first-order chi connectivity index (χ1) is 8.85. The molecule has 0 unspecified atom stereocenters. The van der Waals surface area contributed by atoms with Gasteiger partial charge in [0.25, 0.3) is 0 Å². The molecule has 1 aromatic carbocycles. The Balaban J connectivity index is 2.18. The zero-order valence-electron chi connectivity index (χ0n) is 10.6. The summed E-state index contributed by atoms with van der Waals surface area (Å²) in [5.74, 6) is 0.419. The Bertz CT molecular complexity index is 483. The number of nitrogens with zero attached hydrogens (tertiary/aromatic N) is 1. The average molecular weight is 273 g/mol. The highest BCUT2D eigenvalue weighted by molar-refractivity contribution is 5.95. The summed E-state index contributed by atoms with van der Waals surface area (Å²) in [6.45, 7) is 4.49. The minimum absolute atomic E-state index is 0.0437. The van der Waals surface area contributed by atoms with Crippen LogP contribution >= 0.6 is 0 Å². The van der Waals surface area contributed by atoms with Gasteiger partial charge in [-0.2, -0.15) is 0 Å². The van der Waals surface area contributed by atoms with Crippen LogP contribution in [-0.4, -0.2) is 24.9 Å². The van der Waals surface area contributed by atoms with E-state index in [0.29, 0.717) is 24.0 Å². The Kier molecular flexibility index (Phi) is 3.68. The normalized spacial score (nSPS) is 19.3. The van der Waals surface area contributed by atoms with Crippen molar-refractivity contribution >= 4 is 5.90 Å². The lowest BCUT2D eigenvalue weighted by Crippen LogP contribution is -2.17. The molecule has 0 fully saturated rings. The minimum atomic E-state index is -4.70. The second-order valence-electron chi connectivity index (χ2n) is 4.63. The summed E-state index contributed by atoms with van der Waals surface area (Å²) in [5.41, 5.74) is 0.491. The molecule has 0 amide bonds. The van der Waals surface area contributed by atoms with Crippen molar-refractivity contribution in [1.82, 2.24) is 0 Å². The molecule has 0 radical (unpaired) electrons. The van der Waals surface area contributed by atoms with E-state index < -0.39 is 6.36 Å². The number of benzene rings is 1. The Labute approximate surface area is 109 Å². The van der Waals surface area contributed by atoms with Crippen molar-refractivity contribution < 1.29 is 22.6 Å². The van der Waals surface area contributed by atoms with Gasteiger partial charge in [0.15, 0.2) is 0 Å². The summed E-state index contributed by atoms with van der Waals surface area (Å²) in [6, 6.07) is 5.68. The fourth-order valence-corrected chi connectivity index (χ4v) is 1.72. The predicted octanol–water partition coefficient (Wildman–Crippen LogP) is 3.39. The summed E-state index contributed by atoms with van der Waals surface area (Å²) in [5, 5.41) is 0. The lowest BCUT2D eigenvalue weighted by molar-refractivity contribution is -0.274. The second-order valence-corrected chi connectivity index (χ2v) is 4.63. The van der Waals surface area contributed by atoms with Crippen LogP contribution < -0.4 is 4.74 Å². The Hall–Kier alpha value is -1.72. The van der Waals surface area contributed by atoms with Crippen molar-refractivity contribution in [3.05, 3.63) is 29.8 Å². The van der Waals surface area contributed by atoms with Crippen LogP contribution in [0.25, 0.3) is 0 Å². The van der Waals surface area contributed by atoms with E-state index in [-0.39, 0.29) is 11.8 Å². The standard InChI is InChI=1S/C13H14F3NO2/c1-8(2)11-7-18-12(17-11)9-4-3-5-10(6-9)19-13(14,15)16/h3-6,8,11H,7H2,1-2H3/t11-/m0/s1. The van der Waals surface area contributed by atoms with Gasteiger partial charge in [0.1, 0.15) is 12.4 Å². The number of hydrogen-bond donors (Lipinski definition) is 0. The molecule has 19 heavy (non-hydrogen) atoms. The number of hydrogen-bond acceptors (Lipinski definition) is 3. The van der Waals surface area contributed by atoms with Gasteiger partial charge in [-0.15, -0.1) is 13.2 Å². The maximum atomic E-state index is 12.1. The molecule has 1 aliphatic rings. The van der Waals surface area contributed by atoms with E-state index in [1.807, 2.05) is 13.8 Å². The van der Waals surface area contributed by atoms with E-state index in [1.54, 1.807) is 6.07 Å². The van der Waals surface area contributed by atoms with Crippen molar-refractivity contribution in [2.24, 2.45) is 10.9 Å². The predicted molar refractivity (Wildman–Crippen MR) is 64.2 cm³/mol. The fraction of sp³-hybridized carbons (Fsp3) is 0.462. The van der Waals surface area contributed by atoms with Crippen LogP contribution in [0.3, 0.4) is 0 Å². The quantitative estimate of drug-likeness (QED) is 0.845. The van der Waals surface area contributed by atoms with Gasteiger partial charge in [0.05, 0.1) is 6.04 Å². The largest absolute Gasteiger partial charge is 0.573 e. The molecular weight excluding hydrogens is 259 g/mol. The third-order valence-corrected chi connectivity index (χ3v) is 2.76. The maximum absolute atomic E-state index is 12.1. The zero-order valence-corrected chi connectivity index (χ0v) is 10.6. The van der Waals surface area contributed by atoms with Gasteiger partial charge in [-0.05, 0) is 24.1 Å². The highest BCUT2D eigenvalue weighted by Crippen LogP contribution is 2.25. The number of ether oxygens (including phenoxy) is 2. The summed E-state index contributed by atoms with van der Waals surface area (Å²) in [6.07, 6.45) is -4.70. The molecule has 0 N–H and O–H groups in total. The van der Waals surface area contributed by atoms with Gasteiger partial charge < -0.3 is 9.47 Å². The third-order valence-electron chi connectivity index (χ3n) is 2.76. The van der Waals surface area contributed by atoms with E-state index in [0.717, 1.165) is 0 Å². The monoisotopic (exact) mass is 273 g/mol. The highest BCUT2D eigenvalue weighted by atomic mass is 19.4. The zero-order chi connectivity index (χ0) is 14.0. The van der Waals surface area contributed by atoms with Crippen LogP contribution in [-0.2, 0) is 4.74 Å². The third kappa shape index (κ3) is 3.62. The first kappa shape index (κ1) is 13.7. The van der Waals surface area contributed by atoms with Crippen LogP contribution in [0.1, 0.15) is 19.4 Å². The number of aliphatic imine (C=N–C) groups is 1. The van der Waals surface area contributed by atoms with Gasteiger partial charge in [0.2, 0.25) is 5.90 Å². The number of alkyl halides is 3. The van der Waals surface area contributed by atoms with Gasteiger partial charge in [0, 0.05) is 5.56 Å². The van der Waals surface area contributed by atoms with E-state index in [4.69, 9.17) is 4.74 Å². The van der Waals surface area contributed by atoms with Crippen molar-refractivity contribution in [2.75, 3.05) is 6.61 Å². The summed E-state index contributed by atoms with van der Waals surface area (Å²) < 4.78 is 45.7. The highest BCUT2D eigenvalue weighted by Gasteiger charge is 2.31. The van der Waals surface area contributed by atoms with Crippen LogP contribution in [0.5, 0.6) is 5.75 Å². The molecule has 0 saturated heterocycles. The smallest absolute Gasteiger partial charge is 0.475 e. The van der Waals surface area contributed by atoms with Crippen molar-refractivity contribution in [3.63, 3.8) is 0 Å². The van der Waals surface area contributed by atoms with Crippen molar-refractivity contribution in [2.45, 2.75) is 26.3 Å². The first-order valence-electron chi connectivity index (χ1n) is 5.92. The van der Waals surface area contributed by atoms with Crippen molar-refractivity contribution in [1.29, 1.82) is 0 Å². The summed E-state index contributed by atoms with van der Waals surface area (Å²) >= 11 is 0. The Morgan fingerprint density at radius 3 is 2.68 bits per heavy atom. The fourth-order valence-electron chi connectivity index (χ4n) is 1.72. The molecule has 6 heteroatoms. The molecule has 1 heterocycles. The summed E-state index contributed by atoms with van der Waals surface area (Å²) in [7, 11) is 0. The molecule has 2 rings (SSSR count). The molecule has 1 atom stereocenters. The molecule has 0 saturated carbocycles. The summed E-state index contributed by atoms with van der Waals surface area (Å²) in [4.78, 5) is 4.35. The van der Waals surface area contributed by atoms with Gasteiger partial charge in [-0.25, -0.2) is 4.99 Å². The maximum Gasteiger partial charge on any atom is 0.573 e. The van der Waals surface area contributed by atoms with Gasteiger partial charge in [-0.1, -0.05) is 19.9 Å². The molecule has 0 spiro atoms. The van der Waals surface area contributed by atoms with Crippen LogP contribution in [0, 0.1) is 5.92 Å². The molecule has 0 aromatic heterocycles. The minimum Gasteiger partial charge on any atom is -0.475 e. The van der Waals surface area contributed by atoms with Crippen LogP contribution in [0.2, 0.25) is 0 Å². The SMILES string of the molecule is CC(C)[C@@H]1COC(c2cccc(OC(F)(F)F)c2)=N1.